The molecule has 0 aromatic heterocycles. The zero-order valence-corrected chi connectivity index (χ0v) is 6.71. The molecule has 0 amide bonds. The highest BCUT2D eigenvalue weighted by molar-refractivity contribution is 8.14. The van der Waals surface area contributed by atoms with Crippen LogP contribution in [0.25, 0.3) is 0 Å². The van der Waals surface area contributed by atoms with Gasteiger partial charge in [0.15, 0.2) is 0 Å². The third-order valence-corrected chi connectivity index (χ3v) is 3.20. The fourth-order valence-electron chi connectivity index (χ4n) is 0.224. The van der Waals surface area contributed by atoms with Crippen molar-refractivity contribution in [2.75, 3.05) is 0 Å². The zero-order valence-electron chi connectivity index (χ0n) is 5.14. The molecule has 5 heteroatoms. The van der Waals surface area contributed by atoms with E-state index in [1.54, 1.807) is 0 Å². The number of halogens is 2. The third-order valence-electron chi connectivity index (χ3n) is 1.09. The lowest BCUT2D eigenvalue weighted by Gasteiger charge is -2.06. The maximum Gasteiger partial charge on any atom is 0.238 e. The van der Waals surface area contributed by atoms with E-state index in [2.05, 4.69) is 0 Å². The van der Waals surface area contributed by atoms with Gasteiger partial charge in [-0.25, -0.2) is 12.8 Å². The van der Waals surface area contributed by atoms with Crippen molar-refractivity contribution in [3.8, 4) is 0 Å². The molecule has 0 aromatic carbocycles. The van der Waals surface area contributed by atoms with E-state index >= 15 is 0 Å². The summed E-state index contributed by atoms with van der Waals surface area (Å²) in [6.45, 7) is 2.39. The van der Waals surface area contributed by atoms with Gasteiger partial charge in [-0.2, -0.15) is 0 Å². The molecule has 56 valence electrons. The molecule has 0 radical (unpaired) electrons. The Morgan fingerprint density at radius 3 is 1.78 bits per heavy atom. The van der Waals surface area contributed by atoms with Crippen LogP contribution in [0.2, 0.25) is 0 Å². The summed E-state index contributed by atoms with van der Waals surface area (Å²) < 4.78 is 32.7. The van der Waals surface area contributed by atoms with Crippen molar-refractivity contribution in [3.63, 3.8) is 0 Å². The second kappa shape index (κ2) is 2.84. The Bertz CT molecular complexity index is 175. The van der Waals surface area contributed by atoms with E-state index in [4.69, 9.17) is 10.7 Å². The molecular weight excluding hydrogens is 167 g/mol. The summed E-state index contributed by atoms with van der Waals surface area (Å²) in [5, 5.41) is -1.11. The van der Waals surface area contributed by atoms with Gasteiger partial charge in [0.05, 0.1) is 0 Å². The molecule has 0 fully saturated rings. The highest BCUT2D eigenvalue weighted by atomic mass is 35.7. The highest BCUT2D eigenvalue weighted by Gasteiger charge is 2.23. The minimum Gasteiger partial charge on any atom is -0.246 e. The first-order chi connectivity index (χ1) is 3.85. The number of hydrogen-bond acceptors (Lipinski definition) is 2. The number of rotatable bonds is 2. The highest BCUT2D eigenvalue weighted by Crippen LogP contribution is 2.12. The summed E-state index contributed by atoms with van der Waals surface area (Å²) in [4.78, 5) is 0. The van der Waals surface area contributed by atoms with Crippen molar-refractivity contribution in [2.45, 2.75) is 25.3 Å². The summed E-state index contributed by atoms with van der Waals surface area (Å²) >= 11 is 0. The Morgan fingerprint density at radius 1 is 1.44 bits per heavy atom. The largest absolute Gasteiger partial charge is 0.246 e. The summed E-state index contributed by atoms with van der Waals surface area (Å²) in [5.41, 5.74) is 0. The summed E-state index contributed by atoms with van der Waals surface area (Å²) in [7, 11) is 1.11. The zero-order chi connectivity index (χ0) is 7.65. The van der Waals surface area contributed by atoms with Crippen molar-refractivity contribution < 1.29 is 12.8 Å². The molecule has 0 aliphatic heterocycles. The Labute approximate surface area is 58.4 Å². The fraction of sp³-hybridized carbons (Fsp3) is 1.00. The Hall–Kier alpha value is 0.170. The van der Waals surface area contributed by atoms with Gasteiger partial charge in [-0.3, -0.25) is 0 Å². The van der Waals surface area contributed by atoms with Crippen LogP contribution in [0.1, 0.15) is 13.8 Å². The van der Waals surface area contributed by atoms with E-state index in [0.717, 1.165) is 6.92 Å². The van der Waals surface area contributed by atoms with Crippen LogP contribution in [-0.4, -0.2) is 19.8 Å². The van der Waals surface area contributed by atoms with Gasteiger partial charge in [0.1, 0.15) is 11.4 Å². The smallest absolute Gasteiger partial charge is 0.238 e. The molecule has 0 aliphatic carbocycles. The van der Waals surface area contributed by atoms with Gasteiger partial charge in [-0.05, 0) is 13.8 Å². The van der Waals surface area contributed by atoms with Crippen LogP contribution >= 0.6 is 10.7 Å². The molecule has 0 aliphatic rings. The Balaban J connectivity index is 4.24. The monoisotopic (exact) mass is 174 g/mol. The summed E-state index contributed by atoms with van der Waals surface area (Å²) in [6.07, 6.45) is -1.41. The topological polar surface area (TPSA) is 34.1 Å². The maximum absolute atomic E-state index is 12.1. The molecule has 1 unspecified atom stereocenters. The molecule has 0 N–H and O–H groups in total. The lowest BCUT2D eigenvalue weighted by Crippen LogP contribution is -2.21. The van der Waals surface area contributed by atoms with Gasteiger partial charge in [0, 0.05) is 10.7 Å². The molecule has 2 atom stereocenters. The fourth-order valence-corrected chi connectivity index (χ4v) is 1.10. The predicted molar refractivity (Wildman–Crippen MR) is 34.8 cm³/mol. The molecular formula is C4H8ClFO2S. The quantitative estimate of drug-likeness (QED) is 0.592. The van der Waals surface area contributed by atoms with Crippen LogP contribution in [0, 0.1) is 0 Å². The molecule has 0 saturated carbocycles. The average molecular weight is 175 g/mol. The molecule has 0 aromatic rings. The van der Waals surface area contributed by atoms with Crippen molar-refractivity contribution >= 4 is 19.7 Å². The van der Waals surface area contributed by atoms with Crippen molar-refractivity contribution in [1.82, 2.24) is 0 Å². The van der Waals surface area contributed by atoms with Gasteiger partial charge >= 0.3 is 0 Å². The number of hydrogen-bond donors (Lipinski definition) is 0. The Kier molecular flexibility index (Phi) is 2.89. The minimum atomic E-state index is -3.70. The van der Waals surface area contributed by atoms with Gasteiger partial charge in [-0.1, -0.05) is 0 Å². The normalized spacial score (nSPS) is 19.1. The van der Waals surface area contributed by atoms with E-state index in [-0.39, 0.29) is 0 Å². The van der Waals surface area contributed by atoms with E-state index in [1.165, 1.54) is 6.92 Å². The molecule has 0 bridgehead atoms. The molecule has 0 saturated heterocycles. The first kappa shape index (κ1) is 9.17. The van der Waals surface area contributed by atoms with Gasteiger partial charge < -0.3 is 0 Å². The van der Waals surface area contributed by atoms with Crippen LogP contribution in [-0.2, 0) is 9.05 Å². The van der Waals surface area contributed by atoms with Crippen LogP contribution in [0.4, 0.5) is 4.39 Å². The van der Waals surface area contributed by atoms with E-state index in [0.29, 0.717) is 0 Å². The van der Waals surface area contributed by atoms with Crippen LogP contribution < -0.4 is 0 Å². The summed E-state index contributed by atoms with van der Waals surface area (Å²) in [6, 6.07) is 0. The molecule has 2 nitrogen and oxygen atoms in total. The minimum absolute atomic E-state index is 1.11. The van der Waals surface area contributed by atoms with Crippen LogP contribution in [0.3, 0.4) is 0 Å². The molecule has 0 spiro atoms. The van der Waals surface area contributed by atoms with Crippen LogP contribution in [0.5, 0.6) is 0 Å². The standard InChI is InChI=1S/C4H8ClFO2S/c1-3(6)4(2)9(5,7)8/h3-4H,1-2H3/t3?,4-/m0/s1. The van der Waals surface area contributed by atoms with Crippen molar-refractivity contribution in [3.05, 3.63) is 0 Å². The number of alkyl halides is 1. The third kappa shape index (κ3) is 3.01. The Morgan fingerprint density at radius 2 is 1.78 bits per heavy atom. The molecule has 9 heavy (non-hydrogen) atoms. The second-order valence-corrected chi connectivity index (χ2v) is 4.84. The predicted octanol–water partition coefficient (Wildman–Crippen LogP) is 1.30. The average Bonchev–Trinajstić information content (AvgIpc) is 1.62. The summed E-state index contributed by atoms with van der Waals surface area (Å²) in [5.74, 6) is 0. The van der Waals surface area contributed by atoms with E-state index in [9.17, 15) is 12.8 Å². The molecule has 0 heterocycles. The van der Waals surface area contributed by atoms with Gasteiger partial charge in [-0.15, -0.1) is 0 Å². The van der Waals surface area contributed by atoms with E-state index < -0.39 is 20.5 Å². The first-order valence-corrected chi connectivity index (χ1v) is 4.80. The second-order valence-electron chi connectivity index (χ2n) is 1.86. The van der Waals surface area contributed by atoms with Gasteiger partial charge in [0.25, 0.3) is 0 Å². The van der Waals surface area contributed by atoms with Crippen molar-refractivity contribution in [1.29, 1.82) is 0 Å². The van der Waals surface area contributed by atoms with Crippen LogP contribution in [0.15, 0.2) is 0 Å². The van der Waals surface area contributed by atoms with E-state index in [1.807, 2.05) is 0 Å². The molecule has 0 rings (SSSR count). The first-order valence-electron chi connectivity index (χ1n) is 2.43. The SMILES string of the molecule is CC(F)[C@H](C)S(=O)(=O)Cl. The van der Waals surface area contributed by atoms with Gasteiger partial charge in [0.2, 0.25) is 9.05 Å². The lowest BCUT2D eigenvalue weighted by atomic mass is 10.3. The van der Waals surface area contributed by atoms with Crippen molar-refractivity contribution in [2.24, 2.45) is 0 Å². The lowest BCUT2D eigenvalue weighted by molar-refractivity contribution is 0.353. The maximum atomic E-state index is 12.1.